The first-order valence-corrected chi connectivity index (χ1v) is 17.8. The van der Waals surface area contributed by atoms with Crippen molar-refractivity contribution in [1.29, 1.82) is 0 Å². The molecule has 0 unspecified atom stereocenters. The van der Waals surface area contributed by atoms with Crippen LogP contribution in [0, 0.1) is 21.4 Å². The zero-order valence-corrected chi connectivity index (χ0v) is 34.5. The summed E-state index contributed by atoms with van der Waals surface area (Å²) >= 11 is 11.8. The molecule has 0 saturated carbocycles. The fraction of sp³-hybridized carbons (Fsp3) is 0.333. The van der Waals surface area contributed by atoms with Crippen LogP contribution in [-0.4, -0.2) is 50.3 Å². The van der Waals surface area contributed by atoms with Gasteiger partial charge in [0.1, 0.15) is 0 Å². The highest BCUT2D eigenvalue weighted by molar-refractivity contribution is 14.1. The average molecular weight is 1230 g/mol. The SMILES string of the molecule is CCOC(=O)c1c(I)c(N)c(I)c(C(=O)OCC)c1I.CCOC(=O)c1c(I)c(N)c(I)c(C(=O)OCC)c1I. The molecular weight excluding hydrogens is 1210 g/mol. The van der Waals surface area contributed by atoms with Crippen LogP contribution in [0.2, 0.25) is 0 Å². The molecule has 0 fully saturated rings. The number of esters is 4. The summed E-state index contributed by atoms with van der Waals surface area (Å²) in [6.45, 7) is 7.91. The lowest BCUT2D eigenvalue weighted by atomic mass is 10.1. The van der Waals surface area contributed by atoms with Crippen LogP contribution in [0.15, 0.2) is 0 Å². The summed E-state index contributed by atoms with van der Waals surface area (Å²) in [5, 5.41) is 0. The molecule has 0 amide bonds. The lowest BCUT2D eigenvalue weighted by molar-refractivity contribution is 0.0502. The molecule has 0 spiro atoms. The Hall–Kier alpha value is 0.300. The minimum atomic E-state index is -0.491. The summed E-state index contributed by atoms with van der Waals surface area (Å²) < 4.78 is 23.4. The Morgan fingerprint density at radius 1 is 0.450 bits per heavy atom. The van der Waals surface area contributed by atoms with Crippen LogP contribution in [0.25, 0.3) is 0 Å². The number of anilines is 2. The van der Waals surface area contributed by atoms with Crippen LogP contribution in [0.4, 0.5) is 11.4 Å². The highest BCUT2D eigenvalue weighted by atomic mass is 127. The molecule has 10 nitrogen and oxygen atoms in total. The van der Waals surface area contributed by atoms with E-state index in [0.717, 1.165) is 0 Å². The fourth-order valence-electron chi connectivity index (χ4n) is 2.90. The van der Waals surface area contributed by atoms with E-state index in [9.17, 15) is 19.2 Å². The molecule has 0 aliphatic heterocycles. The smallest absolute Gasteiger partial charge is 0.340 e. The van der Waals surface area contributed by atoms with Crippen molar-refractivity contribution < 1.29 is 38.1 Å². The van der Waals surface area contributed by atoms with Crippen LogP contribution in [-0.2, 0) is 18.9 Å². The third-order valence-electron chi connectivity index (χ3n) is 4.62. The second-order valence-electron chi connectivity index (χ2n) is 7.09. The van der Waals surface area contributed by atoms with Crippen molar-refractivity contribution in [2.75, 3.05) is 37.9 Å². The zero-order chi connectivity index (χ0) is 30.9. The third-order valence-corrected chi connectivity index (χ3v) is 11.3. The number of benzene rings is 2. The van der Waals surface area contributed by atoms with Gasteiger partial charge < -0.3 is 30.4 Å². The molecule has 0 atom stereocenters. The molecule has 220 valence electrons. The third kappa shape index (κ3) is 9.15. The number of ether oxygens (including phenoxy) is 4. The number of halogens is 6. The maximum absolute atomic E-state index is 12.0. The van der Waals surface area contributed by atoms with E-state index in [1.165, 1.54) is 0 Å². The minimum absolute atomic E-state index is 0.256. The Morgan fingerprint density at radius 3 is 0.775 bits per heavy atom. The molecule has 0 heterocycles. The molecule has 2 aromatic rings. The van der Waals surface area contributed by atoms with Gasteiger partial charge in [-0.3, -0.25) is 0 Å². The van der Waals surface area contributed by atoms with Crippen molar-refractivity contribution in [1.82, 2.24) is 0 Å². The molecule has 0 aliphatic carbocycles. The first-order valence-electron chi connectivity index (χ1n) is 11.3. The second kappa shape index (κ2) is 18.2. The Bertz CT molecular complexity index is 1130. The fourth-order valence-corrected chi connectivity index (χ4v) is 11.0. The van der Waals surface area contributed by atoms with Gasteiger partial charge in [-0.2, -0.15) is 0 Å². The number of nitrogen functional groups attached to an aromatic ring is 2. The van der Waals surface area contributed by atoms with Crippen molar-refractivity contribution in [3.05, 3.63) is 43.7 Å². The molecule has 0 saturated heterocycles. The van der Waals surface area contributed by atoms with E-state index in [0.29, 0.717) is 55.0 Å². The van der Waals surface area contributed by atoms with Crippen LogP contribution in [0.3, 0.4) is 0 Å². The van der Waals surface area contributed by atoms with E-state index in [1.807, 2.05) is 136 Å². The van der Waals surface area contributed by atoms with Gasteiger partial charge in [0.2, 0.25) is 0 Å². The highest BCUT2D eigenvalue weighted by Crippen LogP contribution is 2.36. The molecule has 4 N–H and O–H groups in total. The van der Waals surface area contributed by atoms with Crippen molar-refractivity contribution in [2.45, 2.75) is 27.7 Å². The monoisotopic (exact) mass is 1230 g/mol. The maximum Gasteiger partial charge on any atom is 0.340 e. The van der Waals surface area contributed by atoms with E-state index < -0.39 is 23.9 Å². The van der Waals surface area contributed by atoms with Crippen molar-refractivity contribution in [3.63, 3.8) is 0 Å². The predicted molar refractivity (Wildman–Crippen MR) is 202 cm³/mol. The molecule has 16 heteroatoms. The molecule has 0 bridgehead atoms. The van der Waals surface area contributed by atoms with Crippen molar-refractivity contribution in [3.8, 4) is 0 Å². The van der Waals surface area contributed by atoms with Gasteiger partial charge in [-0.05, 0) is 163 Å². The Morgan fingerprint density at radius 2 is 0.625 bits per heavy atom. The van der Waals surface area contributed by atoms with Crippen LogP contribution in [0.1, 0.15) is 69.1 Å². The van der Waals surface area contributed by atoms with Crippen LogP contribution >= 0.6 is 136 Å². The van der Waals surface area contributed by atoms with Crippen LogP contribution in [0.5, 0.6) is 0 Å². The van der Waals surface area contributed by atoms with E-state index >= 15 is 0 Å². The second-order valence-corrected chi connectivity index (χ2v) is 13.6. The summed E-state index contributed by atoms with van der Waals surface area (Å²) in [6.07, 6.45) is 0. The van der Waals surface area contributed by atoms with E-state index in [4.69, 9.17) is 30.4 Å². The minimum Gasteiger partial charge on any atom is -0.462 e. The molecule has 40 heavy (non-hydrogen) atoms. The Kier molecular flexibility index (Phi) is 17.4. The quantitative estimate of drug-likeness (QED) is 0.124. The zero-order valence-electron chi connectivity index (χ0n) is 21.5. The number of carbonyl (C=O) groups excluding carboxylic acids is 4. The molecular formula is C24H24I6N2O8. The standard InChI is InChI=1S/2C12H12I3NO4/c2*1-3-19-11(17)5-7(13)6(12(18)20-4-2)9(15)10(16)8(5)14/h2*3-4,16H2,1-2H3. The Balaban J connectivity index is 0.000000400. The molecule has 2 rings (SSSR count). The van der Waals surface area contributed by atoms with Gasteiger partial charge in [-0.1, -0.05) is 0 Å². The van der Waals surface area contributed by atoms with Crippen molar-refractivity contribution >= 4 is 171 Å². The van der Waals surface area contributed by atoms with E-state index in [2.05, 4.69) is 0 Å². The number of nitrogens with two attached hydrogens (primary N) is 2. The van der Waals surface area contributed by atoms with E-state index in [-0.39, 0.29) is 26.4 Å². The summed E-state index contributed by atoms with van der Waals surface area (Å²) in [5.41, 5.74) is 14.0. The first-order chi connectivity index (χ1) is 18.7. The van der Waals surface area contributed by atoms with Gasteiger partial charge in [-0.25, -0.2) is 19.2 Å². The summed E-state index contributed by atoms with van der Waals surface area (Å²) in [5.74, 6) is -1.96. The summed E-state index contributed by atoms with van der Waals surface area (Å²) in [6, 6.07) is 0. The predicted octanol–water partition coefficient (Wildman–Crippen LogP) is 6.87. The number of hydrogen-bond acceptors (Lipinski definition) is 10. The normalized spacial score (nSPS) is 10.2. The lowest BCUT2D eigenvalue weighted by Gasteiger charge is -2.15. The first kappa shape index (κ1) is 38.3. The van der Waals surface area contributed by atoms with E-state index in [1.54, 1.807) is 27.7 Å². The maximum atomic E-state index is 12.0. The van der Waals surface area contributed by atoms with Gasteiger partial charge in [-0.15, -0.1) is 0 Å². The van der Waals surface area contributed by atoms with Gasteiger partial charge in [0.05, 0.1) is 74.3 Å². The molecule has 0 aromatic heterocycles. The van der Waals surface area contributed by atoms with Crippen molar-refractivity contribution in [2.24, 2.45) is 0 Å². The summed E-state index contributed by atoms with van der Waals surface area (Å²) in [7, 11) is 0. The Labute approximate surface area is 313 Å². The molecule has 0 aliphatic rings. The van der Waals surface area contributed by atoms with Gasteiger partial charge in [0, 0.05) is 7.14 Å². The van der Waals surface area contributed by atoms with Gasteiger partial charge >= 0.3 is 23.9 Å². The van der Waals surface area contributed by atoms with Crippen LogP contribution < -0.4 is 11.5 Å². The number of hydrogen-bond donors (Lipinski definition) is 2. The number of rotatable bonds is 8. The van der Waals surface area contributed by atoms with Gasteiger partial charge in [0.15, 0.2) is 0 Å². The van der Waals surface area contributed by atoms with Gasteiger partial charge in [0.25, 0.3) is 0 Å². The average Bonchev–Trinajstić information content (AvgIpc) is 2.87. The lowest BCUT2D eigenvalue weighted by Crippen LogP contribution is -2.18. The highest BCUT2D eigenvalue weighted by Gasteiger charge is 2.29. The topological polar surface area (TPSA) is 157 Å². The number of carbonyl (C=O) groups is 4. The largest absolute Gasteiger partial charge is 0.462 e. The summed E-state index contributed by atoms with van der Waals surface area (Å²) in [4.78, 5) is 48.2. The molecule has 2 aromatic carbocycles. The molecule has 0 radical (unpaired) electrons.